The number of hydrogen-bond acceptors (Lipinski definition) is 3. The van der Waals surface area contributed by atoms with E-state index < -0.39 is 0 Å². The smallest absolute Gasteiger partial charge is 0.0358 e. The Bertz CT molecular complexity index is 517. The molecule has 0 bridgehead atoms. The van der Waals surface area contributed by atoms with Crippen LogP contribution in [0.3, 0.4) is 0 Å². The van der Waals surface area contributed by atoms with Gasteiger partial charge in [0, 0.05) is 31.7 Å². The maximum absolute atomic E-state index is 3.88. The number of rotatable bonds is 3. The molecule has 2 heterocycles. The first-order valence-electron chi connectivity index (χ1n) is 8.45. The molecule has 0 unspecified atom stereocenters. The Kier molecular flexibility index (Phi) is 4.67. The molecule has 2 saturated heterocycles. The normalized spacial score (nSPS) is 23.7. The predicted molar refractivity (Wildman–Crippen MR) is 93.9 cm³/mol. The van der Waals surface area contributed by atoms with Crippen molar-refractivity contribution in [1.82, 2.24) is 14.7 Å². The summed E-state index contributed by atoms with van der Waals surface area (Å²) in [5.41, 5.74) is 3.02. The molecule has 1 aromatic rings. The maximum Gasteiger partial charge on any atom is 0.0358 e. The van der Waals surface area contributed by atoms with Crippen LogP contribution in [0.5, 0.6) is 0 Å². The molecule has 1 aromatic carbocycles. The van der Waals surface area contributed by atoms with Crippen LogP contribution in [-0.2, 0) is 6.54 Å². The van der Waals surface area contributed by atoms with E-state index in [0.29, 0.717) is 5.54 Å². The summed E-state index contributed by atoms with van der Waals surface area (Å²) in [5, 5.41) is 0. The van der Waals surface area contributed by atoms with Gasteiger partial charge >= 0.3 is 0 Å². The lowest BCUT2D eigenvalue weighted by atomic mass is 9.83. The van der Waals surface area contributed by atoms with Gasteiger partial charge in [-0.1, -0.05) is 36.9 Å². The van der Waals surface area contributed by atoms with Crippen molar-refractivity contribution in [2.24, 2.45) is 0 Å². The summed E-state index contributed by atoms with van der Waals surface area (Å²) in [5.74, 6) is 0. The molecule has 0 saturated carbocycles. The molecule has 3 nitrogen and oxygen atoms in total. The lowest BCUT2D eigenvalue weighted by Gasteiger charge is -2.52. The Labute approximate surface area is 135 Å². The van der Waals surface area contributed by atoms with Crippen LogP contribution in [0.1, 0.15) is 24.0 Å². The molecule has 0 aliphatic carbocycles. The van der Waals surface area contributed by atoms with Crippen LogP contribution in [0.4, 0.5) is 0 Å². The van der Waals surface area contributed by atoms with Crippen molar-refractivity contribution < 1.29 is 0 Å². The number of hydrogen-bond donors (Lipinski definition) is 0. The summed E-state index contributed by atoms with van der Waals surface area (Å²) in [6, 6.07) is 8.78. The minimum atomic E-state index is 0.390. The third-order valence-corrected chi connectivity index (χ3v) is 5.59. The number of likely N-dealkylation sites (N-methyl/N-ethyl adjacent to an activating group) is 1. The van der Waals surface area contributed by atoms with Crippen molar-refractivity contribution >= 4 is 6.08 Å². The molecule has 0 aromatic heterocycles. The standard InChI is InChI=1S/C19H29N3/c1-4-17-6-5-7-18(14-17)15-22-13-12-21(3)19(16-22)8-10-20(2)11-9-19/h4-7,14H,1,8-13,15-16H2,2-3H3. The molecule has 3 rings (SSSR count). The average Bonchev–Trinajstić information content (AvgIpc) is 2.54. The van der Waals surface area contributed by atoms with Gasteiger partial charge < -0.3 is 4.90 Å². The van der Waals surface area contributed by atoms with Gasteiger partial charge in [-0.2, -0.15) is 0 Å². The summed E-state index contributed by atoms with van der Waals surface area (Å²) in [7, 11) is 4.56. The SMILES string of the molecule is C=Cc1cccc(CN2CCN(C)C3(CCN(C)CC3)C2)c1. The number of benzene rings is 1. The molecule has 120 valence electrons. The highest BCUT2D eigenvalue weighted by Gasteiger charge is 2.41. The van der Waals surface area contributed by atoms with E-state index in [1.807, 2.05) is 6.08 Å². The second-order valence-corrected chi connectivity index (χ2v) is 7.11. The summed E-state index contributed by atoms with van der Waals surface area (Å²) in [6.07, 6.45) is 4.53. The van der Waals surface area contributed by atoms with Gasteiger partial charge in [-0.15, -0.1) is 0 Å². The number of piperazine rings is 1. The Morgan fingerprint density at radius 3 is 2.64 bits per heavy atom. The van der Waals surface area contributed by atoms with Crippen LogP contribution in [0.15, 0.2) is 30.8 Å². The molecular formula is C19H29N3. The minimum Gasteiger partial charge on any atom is -0.306 e. The first kappa shape index (κ1) is 15.7. The van der Waals surface area contributed by atoms with Crippen LogP contribution in [-0.4, -0.2) is 67.1 Å². The van der Waals surface area contributed by atoms with Gasteiger partial charge in [-0.3, -0.25) is 9.80 Å². The summed E-state index contributed by atoms with van der Waals surface area (Å²) in [6.45, 7) is 11.0. The van der Waals surface area contributed by atoms with Gasteiger partial charge in [-0.05, 0) is 51.2 Å². The Hall–Kier alpha value is -1.16. The zero-order valence-electron chi connectivity index (χ0n) is 14.1. The van der Waals surface area contributed by atoms with Gasteiger partial charge in [0.2, 0.25) is 0 Å². The van der Waals surface area contributed by atoms with E-state index in [4.69, 9.17) is 0 Å². The fourth-order valence-corrected chi connectivity index (χ4v) is 3.93. The Balaban J connectivity index is 1.69. The molecule has 0 amide bonds. The van der Waals surface area contributed by atoms with Crippen LogP contribution >= 0.6 is 0 Å². The third kappa shape index (κ3) is 3.27. The molecular weight excluding hydrogens is 270 g/mol. The fraction of sp³-hybridized carbons (Fsp3) is 0.579. The van der Waals surface area contributed by atoms with Gasteiger partial charge in [-0.25, -0.2) is 0 Å². The van der Waals surface area contributed by atoms with Gasteiger partial charge in [0.05, 0.1) is 0 Å². The van der Waals surface area contributed by atoms with E-state index in [2.05, 4.69) is 59.6 Å². The first-order valence-corrected chi connectivity index (χ1v) is 8.45. The van der Waals surface area contributed by atoms with Crippen molar-refractivity contribution in [3.05, 3.63) is 42.0 Å². The van der Waals surface area contributed by atoms with Gasteiger partial charge in [0.25, 0.3) is 0 Å². The summed E-state index contributed by atoms with van der Waals surface area (Å²) >= 11 is 0. The second-order valence-electron chi connectivity index (χ2n) is 7.11. The molecule has 2 fully saturated rings. The summed E-state index contributed by atoms with van der Waals surface area (Å²) < 4.78 is 0. The Morgan fingerprint density at radius 1 is 1.14 bits per heavy atom. The van der Waals surface area contributed by atoms with Crippen molar-refractivity contribution in [1.29, 1.82) is 0 Å². The number of nitrogens with zero attached hydrogens (tertiary/aromatic N) is 3. The largest absolute Gasteiger partial charge is 0.306 e. The Morgan fingerprint density at radius 2 is 1.91 bits per heavy atom. The van der Waals surface area contributed by atoms with Crippen molar-refractivity contribution in [3.8, 4) is 0 Å². The predicted octanol–water partition coefficient (Wildman–Crippen LogP) is 2.54. The molecule has 3 heteroatoms. The highest BCUT2D eigenvalue weighted by molar-refractivity contribution is 5.47. The molecule has 2 aliphatic heterocycles. The zero-order valence-corrected chi connectivity index (χ0v) is 14.1. The lowest BCUT2D eigenvalue weighted by molar-refractivity contribution is -0.0257. The van der Waals surface area contributed by atoms with E-state index in [1.54, 1.807) is 0 Å². The fourth-order valence-electron chi connectivity index (χ4n) is 3.93. The van der Waals surface area contributed by atoms with E-state index in [-0.39, 0.29) is 0 Å². The van der Waals surface area contributed by atoms with E-state index in [9.17, 15) is 0 Å². The van der Waals surface area contributed by atoms with Crippen LogP contribution in [0, 0.1) is 0 Å². The molecule has 0 N–H and O–H groups in total. The minimum absolute atomic E-state index is 0.390. The van der Waals surface area contributed by atoms with Crippen molar-refractivity contribution in [2.45, 2.75) is 24.9 Å². The quantitative estimate of drug-likeness (QED) is 0.849. The third-order valence-electron chi connectivity index (χ3n) is 5.59. The van der Waals surface area contributed by atoms with E-state index in [1.165, 1.54) is 56.7 Å². The maximum atomic E-state index is 3.88. The lowest BCUT2D eigenvalue weighted by Crippen LogP contribution is -2.63. The monoisotopic (exact) mass is 299 g/mol. The van der Waals surface area contributed by atoms with Gasteiger partial charge in [0.1, 0.15) is 0 Å². The van der Waals surface area contributed by atoms with E-state index >= 15 is 0 Å². The second kappa shape index (κ2) is 6.53. The topological polar surface area (TPSA) is 9.72 Å². The van der Waals surface area contributed by atoms with Crippen LogP contribution in [0.25, 0.3) is 6.08 Å². The van der Waals surface area contributed by atoms with E-state index in [0.717, 1.165) is 6.54 Å². The first-order chi connectivity index (χ1) is 10.6. The van der Waals surface area contributed by atoms with Crippen LogP contribution < -0.4 is 0 Å². The van der Waals surface area contributed by atoms with Crippen molar-refractivity contribution in [2.75, 3.05) is 46.8 Å². The van der Waals surface area contributed by atoms with Crippen LogP contribution in [0.2, 0.25) is 0 Å². The highest BCUT2D eigenvalue weighted by atomic mass is 15.3. The number of likely N-dealkylation sites (tertiary alicyclic amines) is 1. The molecule has 1 spiro atoms. The highest BCUT2D eigenvalue weighted by Crippen LogP contribution is 2.31. The molecule has 0 radical (unpaired) electrons. The number of piperidine rings is 1. The summed E-state index contributed by atoms with van der Waals surface area (Å²) in [4.78, 5) is 7.73. The van der Waals surface area contributed by atoms with Crippen molar-refractivity contribution in [3.63, 3.8) is 0 Å². The molecule has 0 atom stereocenters. The zero-order chi connectivity index (χ0) is 15.6. The molecule has 22 heavy (non-hydrogen) atoms. The molecule has 2 aliphatic rings. The average molecular weight is 299 g/mol. The van der Waals surface area contributed by atoms with Gasteiger partial charge in [0.15, 0.2) is 0 Å².